The number of hydrogen-bond acceptors (Lipinski definition) is 6. The molecule has 164 valence electrons. The molecule has 1 aromatic heterocycles. The van der Waals surface area contributed by atoms with Crippen LogP contribution in [0.3, 0.4) is 0 Å². The van der Waals surface area contributed by atoms with Gasteiger partial charge in [0.25, 0.3) is 5.69 Å². The number of ether oxygens (including phenoxy) is 2. The number of nitrogens with zero attached hydrogens (tertiary/aromatic N) is 1. The lowest BCUT2D eigenvalue weighted by Gasteiger charge is -2.12. The minimum Gasteiger partial charge on any atom is -0.493 e. The summed E-state index contributed by atoms with van der Waals surface area (Å²) in [5.41, 5.74) is 1.12. The molecule has 0 aliphatic carbocycles. The van der Waals surface area contributed by atoms with E-state index in [4.69, 9.17) is 9.47 Å². The lowest BCUT2D eigenvalue weighted by atomic mass is 10.1. The first-order valence-electron chi connectivity index (χ1n) is 9.80. The lowest BCUT2D eigenvalue weighted by molar-refractivity contribution is -0.383. The summed E-state index contributed by atoms with van der Waals surface area (Å²) in [6.45, 7) is 0.447. The van der Waals surface area contributed by atoms with Crippen LogP contribution in [0, 0.1) is 15.9 Å². The highest BCUT2D eigenvalue weighted by atomic mass is 19.1. The maximum atomic E-state index is 13.7. The van der Waals surface area contributed by atoms with Gasteiger partial charge in [0.15, 0.2) is 16.9 Å². The average molecular weight is 437 g/mol. The van der Waals surface area contributed by atoms with E-state index in [9.17, 15) is 19.3 Å². The van der Waals surface area contributed by atoms with Crippen LogP contribution in [0.4, 0.5) is 15.8 Å². The maximum absolute atomic E-state index is 13.7. The number of anilines is 1. The van der Waals surface area contributed by atoms with E-state index in [0.717, 1.165) is 11.6 Å². The van der Waals surface area contributed by atoms with Gasteiger partial charge in [-0.1, -0.05) is 6.07 Å². The minimum absolute atomic E-state index is 0.0928. The SMILES string of the molecule is COc1ccc(CCNc2ccc([N+](=O)[O-])c3[nH]c4ccc(F)cc4c(=O)c23)cc1OC. The zero-order chi connectivity index (χ0) is 22.8. The number of methoxy groups -OCH3 is 2. The number of halogens is 1. The molecule has 0 bridgehead atoms. The number of benzene rings is 3. The number of aromatic nitrogens is 1. The van der Waals surface area contributed by atoms with Crippen molar-refractivity contribution in [2.24, 2.45) is 0 Å². The molecular weight excluding hydrogens is 417 g/mol. The topological polar surface area (TPSA) is 106 Å². The highest BCUT2D eigenvalue weighted by Gasteiger charge is 2.19. The maximum Gasteiger partial charge on any atom is 0.293 e. The number of rotatable bonds is 7. The van der Waals surface area contributed by atoms with Crippen LogP contribution in [-0.4, -0.2) is 30.7 Å². The van der Waals surface area contributed by atoms with Crippen molar-refractivity contribution in [2.45, 2.75) is 6.42 Å². The minimum atomic E-state index is -0.559. The van der Waals surface area contributed by atoms with E-state index in [0.29, 0.717) is 35.7 Å². The number of nitro benzene ring substituents is 1. The molecule has 0 saturated carbocycles. The van der Waals surface area contributed by atoms with Crippen LogP contribution in [0.25, 0.3) is 21.8 Å². The Morgan fingerprint density at radius 2 is 1.84 bits per heavy atom. The summed E-state index contributed by atoms with van der Waals surface area (Å²) in [6.07, 6.45) is 0.596. The van der Waals surface area contributed by atoms with Crippen LogP contribution in [0.5, 0.6) is 11.5 Å². The zero-order valence-electron chi connectivity index (χ0n) is 17.4. The molecule has 0 fully saturated rings. The van der Waals surface area contributed by atoms with Gasteiger partial charge in [0.2, 0.25) is 0 Å². The van der Waals surface area contributed by atoms with E-state index in [2.05, 4.69) is 10.3 Å². The summed E-state index contributed by atoms with van der Waals surface area (Å²) in [7, 11) is 3.12. The number of fused-ring (bicyclic) bond motifs is 2. The molecule has 0 radical (unpaired) electrons. The second-order valence-electron chi connectivity index (χ2n) is 7.15. The Labute approximate surface area is 181 Å². The van der Waals surface area contributed by atoms with Gasteiger partial charge in [-0.25, -0.2) is 4.39 Å². The Morgan fingerprint density at radius 1 is 1.06 bits per heavy atom. The van der Waals surface area contributed by atoms with E-state index in [1.807, 2.05) is 12.1 Å². The summed E-state index contributed by atoms with van der Waals surface area (Å²) in [4.78, 5) is 27.0. The average Bonchev–Trinajstić information content (AvgIpc) is 2.79. The highest BCUT2D eigenvalue weighted by molar-refractivity contribution is 6.03. The Bertz CT molecular complexity index is 1400. The van der Waals surface area contributed by atoms with Gasteiger partial charge in [0.1, 0.15) is 11.3 Å². The van der Waals surface area contributed by atoms with Gasteiger partial charge in [-0.2, -0.15) is 0 Å². The number of pyridine rings is 1. The molecule has 0 unspecified atom stereocenters. The molecule has 4 rings (SSSR count). The van der Waals surface area contributed by atoms with Crippen molar-refractivity contribution in [3.8, 4) is 11.5 Å². The first-order valence-corrected chi connectivity index (χ1v) is 9.80. The third kappa shape index (κ3) is 3.80. The lowest BCUT2D eigenvalue weighted by Crippen LogP contribution is -2.12. The molecule has 0 aliphatic heterocycles. The molecule has 0 atom stereocenters. The van der Waals surface area contributed by atoms with Crippen molar-refractivity contribution in [1.82, 2.24) is 4.98 Å². The van der Waals surface area contributed by atoms with Crippen molar-refractivity contribution in [2.75, 3.05) is 26.1 Å². The van der Waals surface area contributed by atoms with Gasteiger partial charge in [0, 0.05) is 23.7 Å². The molecule has 8 nitrogen and oxygen atoms in total. The Hall–Kier alpha value is -4.14. The van der Waals surface area contributed by atoms with Crippen LogP contribution >= 0.6 is 0 Å². The van der Waals surface area contributed by atoms with Gasteiger partial charge in [0.05, 0.1) is 30.0 Å². The number of nitrogens with one attached hydrogen (secondary N) is 2. The fourth-order valence-corrected chi connectivity index (χ4v) is 3.71. The molecule has 2 N–H and O–H groups in total. The molecule has 0 saturated heterocycles. The zero-order valence-corrected chi connectivity index (χ0v) is 17.4. The standard InChI is InChI=1S/C23H20FN3O5/c1-31-19-8-3-13(11-20(19)32-2)9-10-25-17-6-7-18(27(29)30)22-21(17)23(28)15-12-14(24)4-5-16(15)26-22/h3-8,11-12,25H,9-10H2,1-2H3,(H,26,28). The fourth-order valence-electron chi connectivity index (χ4n) is 3.71. The largest absolute Gasteiger partial charge is 0.493 e. The van der Waals surface area contributed by atoms with Gasteiger partial charge in [-0.15, -0.1) is 0 Å². The predicted octanol–water partition coefficient (Wildman–Crippen LogP) is 4.40. The van der Waals surface area contributed by atoms with Gasteiger partial charge < -0.3 is 19.8 Å². The van der Waals surface area contributed by atoms with Crippen molar-refractivity contribution in [3.63, 3.8) is 0 Å². The van der Waals surface area contributed by atoms with Crippen molar-refractivity contribution < 1.29 is 18.8 Å². The number of non-ortho nitro benzene ring substituents is 1. The highest BCUT2D eigenvalue weighted by Crippen LogP contribution is 2.31. The Morgan fingerprint density at radius 3 is 2.56 bits per heavy atom. The summed E-state index contributed by atoms with van der Waals surface area (Å²) >= 11 is 0. The van der Waals surface area contributed by atoms with E-state index >= 15 is 0 Å². The van der Waals surface area contributed by atoms with E-state index < -0.39 is 16.2 Å². The Balaban J connectivity index is 1.72. The predicted molar refractivity (Wildman–Crippen MR) is 120 cm³/mol. The molecule has 0 spiro atoms. The first-order chi connectivity index (χ1) is 15.4. The second kappa shape index (κ2) is 8.54. The van der Waals surface area contributed by atoms with Crippen LogP contribution in [0.1, 0.15) is 5.56 Å². The van der Waals surface area contributed by atoms with E-state index in [-0.39, 0.29) is 22.0 Å². The number of nitro groups is 1. The van der Waals surface area contributed by atoms with Crippen LogP contribution in [0.2, 0.25) is 0 Å². The number of hydrogen-bond donors (Lipinski definition) is 2. The van der Waals surface area contributed by atoms with Crippen LogP contribution in [-0.2, 0) is 6.42 Å². The van der Waals surface area contributed by atoms with Gasteiger partial charge in [-0.3, -0.25) is 14.9 Å². The van der Waals surface area contributed by atoms with Crippen molar-refractivity contribution >= 4 is 33.2 Å². The summed E-state index contributed by atoms with van der Waals surface area (Å²) in [6, 6.07) is 12.1. The Kier molecular flexibility index (Phi) is 5.63. The molecule has 32 heavy (non-hydrogen) atoms. The number of aromatic amines is 1. The summed E-state index contributed by atoms with van der Waals surface area (Å²) < 4.78 is 24.3. The molecule has 1 heterocycles. The van der Waals surface area contributed by atoms with Crippen LogP contribution < -0.4 is 20.2 Å². The van der Waals surface area contributed by atoms with Crippen molar-refractivity contribution in [3.05, 3.63) is 80.2 Å². The molecule has 4 aromatic rings. The monoisotopic (exact) mass is 437 g/mol. The third-order valence-corrected chi connectivity index (χ3v) is 5.27. The van der Waals surface area contributed by atoms with E-state index in [1.165, 1.54) is 24.3 Å². The second-order valence-corrected chi connectivity index (χ2v) is 7.15. The smallest absolute Gasteiger partial charge is 0.293 e. The molecule has 3 aromatic carbocycles. The third-order valence-electron chi connectivity index (χ3n) is 5.27. The molecular formula is C23H20FN3O5. The first kappa shape index (κ1) is 21.1. The van der Waals surface area contributed by atoms with Gasteiger partial charge in [-0.05, 0) is 48.4 Å². The molecule has 0 amide bonds. The normalized spacial score (nSPS) is 11.0. The summed E-state index contributed by atoms with van der Waals surface area (Å²) in [5.74, 6) is 0.669. The summed E-state index contributed by atoms with van der Waals surface area (Å²) in [5, 5.41) is 14.9. The quantitative estimate of drug-likeness (QED) is 0.252. The van der Waals surface area contributed by atoms with Crippen molar-refractivity contribution in [1.29, 1.82) is 0 Å². The van der Waals surface area contributed by atoms with Gasteiger partial charge >= 0.3 is 0 Å². The molecule has 0 aliphatic rings. The van der Waals surface area contributed by atoms with E-state index in [1.54, 1.807) is 20.3 Å². The fraction of sp³-hybridized carbons (Fsp3) is 0.174. The number of H-pyrrole nitrogens is 1. The van der Waals surface area contributed by atoms with Crippen LogP contribution in [0.15, 0.2) is 53.3 Å². The molecule has 9 heteroatoms.